The maximum absolute atomic E-state index is 13.9. The molecule has 1 atom stereocenters. The van der Waals surface area contributed by atoms with Gasteiger partial charge in [-0.1, -0.05) is 17.8 Å². The monoisotopic (exact) mass is 293 g/mol. The molecule has 2 rings (SSSR count). The highest BCUT2D eigenvalue weighted by atomic mass is 32.2. The van der Waals surface area contributed by atoms with Crippen molar-refractivity contribution in [1.29, 1.82) is 0 Å². The molecule has 1 aromatic carbocycles. The van der Waals surface area contributed by atoms with Crippen LogP contribution in [0.4, 0.5) is 4.39 Å². The van der Waals surface area contributed by atoms with Gasteiger partial charge < -0.3 is 10.7 Å². The van der Waals surface area contributed by atoms with Crippen molar-refractivity contribution in [3.8, 4) is 0 Å². The van der Waals surface area contributed by atoms with Gasteiger partial charge in [0.1, 0.15) is 5.82 Å². The lowest BCUT2D eigenvalue weighted by molar-refractivity contribution is 0.588. The Morgan fingerprint density at radius 1 is 1.50 bits per heavy atom. The van der Waals surface area contributed by atoms with Crippen molar-refractivity contribution in [2.75, 3.05) is 0 Å². The zero-order chi connectivity index (χ0) is 14.7. The van der Waals surface area contributed by atoms with Gasteiger partial charge in [0.2, 0.25) is 0 Å². The number of aromatic amines is 1. The first-order chi connectivity index (χ1) is 9.45. The maximum atomic E-state index is 13.9. The molecule has 20 heavy (non-hydrogen) atoms. The van der Waals surface area contributed by atoms with Gasteiger partial charge in [-0.05, 0) is 32.4 Å². The minimum atomic E-state index is -0.290. The summed E-state index contributed by atoms with van der Waals surface area (Å²) in [6.07, 6.45) is 0.436. The predicted molar refractivity (Wildman–Crippen MR) is 77.5 cm³/mol. The number of nitrogens with zero attached hydrogens (tertiary/aromatic N) is 1. The Kier molecular flexibility index (Phi) is 4.57. The number of nitrogens with one attached hydrogen (secondary N) is 1. The first-order valence-electron chi connectivity index (χ1n) is 6.24. The lowest BCUT2D eigenvalue weighted by atomic mass is 10.1. The number of aryl methyl sites for hydroxylation is 1. The molecule has 0 saturated heterocycles. The summed E-state index contributed by atoms with van der Waals surface area (Å²) >= 11 is 1.24. The Balaban J connectivity index is 2.37. The average Bonchev–Trinajstić information content (AvgIpc) is 2.32. The van der Waals surface area contributed by atoms with Crippen molar-refractivity contribution in [3.05, 3.63) is 51.7 Å². The summed E-state index contributed by atoms with van der Waals surface area (Å²) in [7, 11) is 0. The topological polar surface area (TPSA) is 71.8 Å². The lowest BCUT2D eigenvalue weighted by Gasteiger charge is -2.12. The Morgan fingerprint density at radius 2 is 2.25 bits per heavy atom. The van der Waals surface area contributed by atoms with Gasteiger partial charge in [0, 0.05) is 28.3 Å². The van der Waals surface area contributed by atoms with E-state index in [4.69, 9.17) is 5.73 Å². The van der Waals surface area contributed by atoms with Gasteiger partial charge in [-0.3, -0.25) is 4.79 Å². The molecule has 0 aliphatic carbocycles. The van der Waals surface area contributed by atoms with Gasteiger partial charge in [-0.15, -0.1) is 0 Å². The zero-order valence-corrected chi connectivity index (χ0v) is 12.1. The second-order valence-electron chi connectivity index (χ2n) is 4.69. The first-order valence-corrected chi connectivity index (χ1v) is 7.06. The molecule has 6 heteroatoms. The Hall–Kier alpha value is -1.66. The highest BCUT2D eigenvalue weighted by Gasteiger charge is 2.12. The average molecular weight is 293 g/mol. The molecule has 0 aliphatic rings. The lowest BCUT2D eigenvalue weighted by Crippen LogP contribution is -2.19. The largest absolute Gasteiger partial charge is 0.328 e. The third-order valence-corrected chi connectivity index (χ3v) is 3.65. The second-order valence-corrected chi connectivity index (χ2v) is 5.72. The van der Waals surface area contributed by atoms with Crippen LogP contribution in [0.3, 0.4) is 0 Å². The third-order valence-electron chi connectivity index (χ3n) is 2.66. The van der Waals surface area contributed by atoms with Crippen molar-refractivity contribution in [1.82, 2.24) is 9.97 Å². The number of halogens is 1. The number of nitrogens with two attached hydrogens (primary N) is 1. The number of H-pyrrole nitrogens is 1. The van der Waals surface area contributed by atoms with Crippen LogP contribution in [0.15, 0.2) is 39.1 Å². The van der Waals surface area contributed by atoms with Gasteiger partial charge in [0.15, 0.2) is 5.16 Å². The molecule has 0 amide bonds. The van der Waals surface area contributed by atoms with Gasteiger partial charge in [-0.25, -0.2) is 9.37 Å². The Bertz CT molecular complexity index is 670. The Labute approximate surface area is 120 Å². The van der Waals surface area contributed by atoms with E-state index in [1.165, 1.54) is 23.9 Å². The van der Waals surface area contributed by atoms with Crippen LogP contribution in [0.25, 0.3) is 0 Å². The highest BCUT2D eigenvalue weighted by molar-refractivity contribution is 7.99. The summed E-state index contributed by atoms with van der Waals surface area (Å²) < 4.78 is 13.9. The van der Waals surface area contributed by atoms with Crippen LogP contribution >= 0.6 is 11.8 Å². The van der Waals surface area contributed by atoms with E-state index in [2.05, 4.69) is 9.97 Å². The summed E-state index contributed by atoms with van der Waals surface area (Å²) in [6, 6.07) is 6.12. The Morgan fingerprint density at radius 3 is 2.90 bits per heavy atom. The quantitative estimate of drug-likeness (QED) is 0.848. The fraction of sp³-hybridized carbons (Fsp3) is 0.286. The van der Waals surface area contributed by atoms with E-state index in [-0.39, 0.29) is 17.4 Å². The van der Waals surface area contributed by atoms with Gasteiger partial charge in [-0.2, -0.15) is 0 Å². The summed E-state index contributed by atoms with van der Waals surface area (Å²) in [5, 5.41) is 0.450. The zero-order valence-electron chi connectivity index (χ0n) is 11.3. The SMILES string of the molecule is Cc1cc(=O)[nH]c(Sc2cccc(F)c2CC(C)N)n1. The molecule has 0 radical (unpaired) electrons. The van der Waals surface area contributed by atoms with E-state index in [9.17, 15) is 9.18 Å². The molecule has 0 fully saturated rings. The molecule has 2 aromatic rings. The maximum Gasteiger partial charge on any atom is 0.251 e. The smallest absolute Gasteiger partial charge is 0.251 e. The number of aromatic nitrogens is 2. The summed E-state index contributed by atoms with van der Waals surface area (Å²) in [6.45, 7) is 3.57. The van der Waals surface area contributed by atoms with Crippen LogP contribution in [0, 0.1) is 12.7 Å². The van der Waals surface area contributed by atoms with Crippen molar-refractivity contribution in [3.63, 3.8) is 0 Å². The van der Waals surface area contributed by atoms with E-state index in [0.717, 1.165) is 4.90 Å². The molecule has 1 aromatic heterocycles. The van der Waals surface area contributed by atoms with Crippen LogP contribution in [0.1, 0.15) is 18.2 Å². The fourth-order valence-corrected chi connectivity index (χ4v) is 2.86. The van der Waals surface area contributed by atoms with E-state index in [1.807, 2.05) is 6.92 Å². The number of hydrogen-bond donors (Lipinski definition) is 2. The molecule has 0 spiro atoms. The van der Waals surface area contributed by atoms with Crippen LogP contribution in [-0.4, -0.2) is 16.0 Å². The molecule has 4 nitrogen and oxygen atoms in total. The summed E-state index contributed by atoms with van der Waals surface area (Å²) in [5.41, 5.74) is 6.72. The van der Waals surface area contributed by atoms with Crippen LogP contribution in [0.5, 0.6) is 0 Å². The molecule has 1 unspecified atom stereocenters. The molecule has 0 aliphatic heterocycles. The summed E-state index contributed by atoms with van der Waals surface area (Å²) in [5.74, 6) is -0.290. The fourth-order valence-electron chi connectivity index (χ4n) is 1.86. The number of benzene rings is 1. The van der Waals surface area contributed by atoms with E-state index >= 15 is 0 Å². The van der Waals surface area contributed by atoms with Crippen LogP contribution in [-0.2, 0) is 6.42 Å². The summed E-state index contributed by atoms with van der Waals surface area (Å²) in [4.78, 5) is 19.0. The predicted octanol–water partition coefficient (Wildman–Crippen LogP) is 2.26. The normalized spacial score (nSPS) is 12.4. The number of hydrogen-bond acceptors (Lipinski definition) is 4. The van der Waals surface area contributed by atoms with E-state index < -0.39 is 0 Å². The van der Waals surface area contributed by atoms with E-state index in [0.29, 0.717) is 22.8 Å². The number of rotatable bonds is 4. The third kappa shape index (κ3) is 3.68. The minimum Gasteiger partial charge on any atom is -0.328 e. The van der Waals surface area contributed by atoms with Crippen molar-refractivity contribution >= 4 is 11.8 Å². The van der Waals surface area contributed by atoms with Crippen LogP contribution in [0.2, 0.25) is 0 Å². The molecular formula is C14H16FN3OS. The highest BCUT2D eigenvalue weighted by Crippen LogP contribution is 2.29. The molecule has 0 bridgehead atoms. The van der Waals surface area contributed by atoms with Crippen molar-refractivity contribution in [2.45, 2.75) is 36.4 Å². The van der Waals surface area contributed by atoms with Gasteiger partial charge in [0.25, 0.3) is 5.56 Å². The molecule has 106 valence electrons. The van der Waals surface area contributed by atoms with E-state index in [1.54, 1.807) is 19.1 Å². The van der Waals surface area contributed by atoms with Gasteiger partial charge in [0.05, 0.1) is 0 Å². The van der Waals surface area contributed by atoms with Gasteiger partial charge >= 0.3 is 0 Å². The van der Waals surface area contributed by atoms with Crippen molar-refractivity contribution < 1.29 is 4.39 Å². The molecule has 3 N–H and O–H groups in total. The standard InChI is InChI=1S/C14H16FN3OS/c1-8(16)6-10-11(15)4-3-5-12(10)20-14-17-9(2)7-13(19)18-14/h3-5,7-8H,6,16H2,1-2H3,(H,17,18,19). The molecule has 1 heterocycles. The molecular weight excluding hydrogens is 277 g/mol. The first kappa shape index (κ1) is 14.7. The molecule has 0 saturated carbocycles. The minimum absolute atomic E-state index is 0.143. The van der Waals surface area contributed by atoms with Crippen molar-refractivity contribution in [2.24, 2.45) is 5.73 Å². The van der Waals surface area contributed by atoms with Crippen LogP contribution < -0.4 is 11.3 Å². The second kappa shape index (κ2) is 6.19.